The first-order valence-corrected chi connectivity index (χ1v) is 9.94. The molecule has 6 heteroatoms. The second-order valence-electron chi connectivity index (χ2n) is 7.00. The van der Waals surface area contributed by atoms with Gasteiger partial charge in [-0.2, -0.15) is 0 Å². The minimum atomic E-state index is -0.753. The summed E-state index contributed by atoms with van der Waals surface area (Å²) in [5.74, 6) is 0.227. The Hall–Kier alpha value is -3.38. The van der Waals surface area contributed by atoms with Crippen molar-refractivity contribution in [2.75, 3.05) is 13.1 Å². The molecule has 1 aliphatic heterocycles. The van der Waals surface area contributed by atoms with Gasteiger partial charge in [-0.05, 0) is 17.7 Å². The zero-order valence-corrected chi connectivity index (χ0v) is 16.9. The molecule has 0 radical (unpaired) electrons. The standard InChI is InChI=1S/C24H27N3O3/c1-3-15-25-20(23(28)26-17-18-11-7-5-8-12-18)21-22(24(29)27(21)16-4-2)30-19-13-9-6-10-14-19/h3-14,20-22,25H,1-2,15-17H2,(H,26,28)/t20-,21-,22+/m0/s1. The molecular formula is C24H27N3O3. The van der Waals surface area contributed by atoms with E-state index in [9.17, 15) is 9.59 Å². The third-order valence-electron chi connectivity index (χ3n) is 4.94. The summed E-state index contributed by atoms with van der Waals surface area (Å²) in [6.45, 7) is 8.62. The number of amides is 2. The van der Waals surface area contributed by atoms with Gasteiger partial charge in [0.15, 0.2) is 6.10 Å². The van der Waals surface area contributed by atoms with Crippen molar-refractivity contribution in [3.8, 4) is 5.75 Å². The lowest BCUT2D eigenvalue weighted by Gasteiger charge is -2.49. The fourth-order valence-electron chi connectivity index (χ4n) is 3.48. The van der Waals surface area contributed by atoms with E-state index in [1.807, 2.05) is 48.5 Å². The summed E-state index contributed by atoms with van der Waals surface area (Å²) >= 11 is 0. The van der Waals surface area contributed by atoms with Gasteiger partial charge in [-0.1, -0.05) is 60.7 Å². The van der Waals surface area contributed by atoms with E-state index < -0.39 is 18.2 Å². The Morgan fingerprint density at radius 2 is 1.73 bits per heavy atom. The predicted octanol–water partition coefficient (Wildman–Crippen LogP) is 2.29. The molecule has 6 nitrogen and oxygen atoms in total. The minimum Gasteiger partial charge on any atom is -0.478 e. The van der Waals surface area contributed by atoms with Crippen LogP contribution in [0.5, 0.6) is 5.75 Å². The maximum atomic E-state index is 13.1. The summed E-state index contributed by atoms with van der Waals surface area (Å²) in [7, 11) is 0. The number of nitrogens with zero attached hydrogens (tertiary/aromatic N) is 1. The SMILES string of the molecule is C=CCN[C@H](C(=O)NCc1ccccc1)[C@H]1[C@@H](Oc2ccccc2)C(=O)N1CC=C. The average molecular weight is 405 g/mol. The van der Waals surface area contributed by atoms with Gasteiger partial charge in [0.25, 0.3) is 5.91 Å². The van der Waals surface area contributed by atoms with Gasteiger partial charge < -0.3 is 20.3 Å². The third kappa shape index (κ3) is 4.96. The number of carbonyl (C=O) groups excluding carboxylic acids is 2. The van der Waals surface area contributed by atoms with Crippen LogP contribution in [0.4, 0.5) is 0 Å². The first-order chi connectivity index (χ1) is 14.7. The van der Waals surface area contributed by atoms with Crippen LogP contribution in [0.2, 0.25) is 0 Å². The van der Waals surface area contributed by atoms with Crippen LogP contribution < -0.4 is 15.4 Å². The van der Waals surface area contributed by atoms with Gasteiger partial charge in [-0.15, -0.1) is 13.2 Å². The van der Waals surface area contributed by atoms with E-state index in [0.717, 1.165) is 5.56 Å². The molecule has 1 heterocycles. The van der Waals surface area contributed by atoms with Crippen molar-refractivity contribution in [2.45, 2.75) is 24.7 Å². The molecule has 30 heavy (non-hydrogen) atoms. The Balaban J connectivity index is 1.78. The van der Waals surface area contributed by atoms with Gasteiger partial charge in [0.05, 0.1) is 0 Å². The number of rotatable bonds is 11. The van der Waals surface area contributed by atoms with Gasteiger partial charge in [-0.25, -0.2) is 0 Å². The zero-order chi connectivity index (χ0) is 21.3. The molecule has 0 unspecified atom stereocenters. The van der Waals surface area contributed by atoms with Crippen LogP contribution in [-0.2, 0) is 16.1 Å². The van der Waals surface area contributed by atoms with Gasteiger partial charge in [0.2, 0.25) is 5.91 Å². The quantitative estimate of drug-likeness (QED) is 0.445. The van der Waals surface area contributed by atoms with Crippen LogP contribution in [0.3, 0.4) is 0 Å². The molecule has 0 aliphatic carbocycles. The van der Waals surface area contributed by atoms with Gasteiger partial charge >= 0.3 is 0 Å². The molecule has 1 fully saturated rings. The van der Waals surface area contributed by atoms with Gasteiger partial charge in [-0.3, -0.25) is 9.59 Å². The molecule has 0 aromatic heterocycles. The zero-order valence-electron chi connectivity index (χ0n) is 16.9. The second-order valence-corrected chi connectivity index (χ2v) is 7.00. The molecule has 1 aliphatic rings. The lowest BCUT2D eigenvalue weighted by atomic mass is 9.89. The maximum absolute atomic E-state index is 13.1. The van der Waals surface area contributed by atoms with Crippen LogP contribution in [0.25, 0.3) is 0 Å². The highest BCUT2D eigenvalue weighted by atomic mass is 16.5. The Kier molecular flexibility index (Phi) is 7.40. The number of hydrogen-bond donors (Lipinski definition) is 2. The van der Waals surface area contributed by atoms with Crippen molar-refractivity contribution < 1.29 is 14.3 Å². The van der Waals surface area contributed by atoms with Crippen LogP contribution >= 0.6 is 0 Å². The minimum absolute atomic E-state index is 0.162. The summed E-state index contributed by atoms with van der Waals surface area (Å²) < 4.78 is 5.95. The maximum Gasteiger partial charge on any atom is 0.266 e. The molecule has 2 aromatic rings. The van der Waals surface area contributed by atoms with Crippen LogP contribution in [0.15, 0.2) is 86.0 Å². The average Bonchev–Trinajstić information content (AvgIpc) is 2.79. The topological polar surface area (TPSA) is 70.7 Å². The van der Waals surface area contributed by atoms with Crippen LogP contribution in [-0.4, -0.2) is 48.0 Å². The monoisotopic (exact) mass is 405 g/mol. The summed E-state index contributed by atoms with van der Waals surface area (Å²) in [5.41, 5.74) is 0.998. The van der Waals surface area contributed by atoms with Crippen LogP contribution in [0.1, 0.15) is 5.56 Å². The lowest BCUT2D eigenvalue weighted by molar-refractivity contribution is -0.166. The highest BCUT2D eigenvalue weighted by molar-refractivity contribution is 5.93. The smallest absolute Gasteiger partial charge is 0.266 e. The highest BCUT2D eigenvalue weighted by Crippen LogP contribution is 2.28. The van der Waals surface area contributed by atoms with Crippen molar-refractivity contribution in [1.82, 2.24) is 15.5 Å². The molecule has 156 valence electrons. The number of para-hydroxylation sites is 1. The molecule has 1 saturated heterocycles. The molecule has 2 aromatic carbocycles. The fourth-order valence-corrected chi connectivity index (χ4v) is 3.48. The lowest BCUT2D eigenvalue weighted by Crippen LogP contribution is -2.75. The van der Waals surface area contributed by atoms with E-state index in [-0.39, 0.29) is 11.8 Å². The van der Waals surface area contributed by atoms with Crippen molar-refractivity contribution in [3.63, 3.8) is 0 Å². The normalized spacial score (nSPS) is 18.8. The molecule has 3 rings (SSSR count). The van der Waals surface area contributed by atoms with E-state index >= 15 is 0 Å². The molecule has 3 atom stereocenters. The fraction of sp³-hybridized carbons (Fsp3) is 0.250. The van der Waals surface area contributed by atoms with Crippen molar-refractivity contribution in [3.05, 3.63) is 91.5 Å². The van der Waals surface area contributed by atoms with Crippen molar-refractivity contribution in [1.29, 1.82) is 0 Å². The number of hydrogen-bond acceptors (Lipinski definition) is 4. The first-order valence-electron chi connectivity index (χ1n) is 9.94. The number of likely N-dealkylation sites (tertiary alicyclic amines) is 1. The number of benzene rings is 2. The Bertz CT molecular complexity index is 870. The van der Waals surface area contributed by atoms with E-state index in [1.165, 1.54) is 0 Å². The largest absolute Gasteiger partial charge is 0.478 e. The number of ether oxygens (including phenoxy) is 1. The number of carbonyl (C=O) groups is 2. The van der Waals surface area contributed by atoms with Gasteiger partial charge in [0, 0.05) is 19.6 Å². The van der Waals surface area contributed by atoms with E-state index in [1.54, 1.807) is 29.2 Å². The predicted molar refractivity (Wildman–Crippen MR) is 117 cm³/mol. The molecule has 0 bridgehead atoms. The Labute approximate surface area is 177 Å². The van der Waals surface area contributed by atoms with Crippen LogP contribution in [0, 0.1) is 0 Å². The van der Waals surface area contributed by atoms with E-state index in [2.05, 4.69) is 23.8 Å². The van der Waals surface area contributed by atoms with Crippen molar-refractivity contribution >= 4 is 11.8 Å². The number of nitrogens with one attached hydrogen (secondary N) is 2. The number of β-lactam (4-membered cyclic amide) rings is 1. The third-order valence-corrected chi connectivity index (χ3v) is 4.94. The molecule has 0 spiro atoms. The van der Waals surface area contributed by atoms with Gasteiger partial charge in [0.1, 0.15) is 17.8 Å². The molecule has 2 N–H and O–H groups in total. The van der Waals surface area contributed by atoms with E-state index in [4.69, 9.17) is 4.74 Å². The Morgan fingerprint density at radius 1 is 1.07 bits per heavy atom. The molecule has 0 saturated carbocycles. The van der Waals surface area contributed by atoms with Crippen molar-refractivity contribution in [2.24, 2.45) is 0 Å². The molecular weight excluding hydrogens is 378 g/mol. The Morgan fingerprint density at radius 3 is 2.37 bits per heavy atom. The summed E-state index contributed by atoms with van der Waals surface area (Å²) in [6.07, 6.45) is 2.58. The highest BCUT2D eigenvalue weighted by Gasteiger charge is 2.54. The summed E-state index contributed by atoms with van der Waals surface area (Å²) in [4.78, 5) is 27.4. The second kappa shape index (κ2) is 10.4. The van der Waals surface area contributed by atoms with E-state index in [0.29, 0.717) is 25.4 Å². The summed E-state index contributed by atoms with van der Waals surface area (Å²) in [6, 6.07) is 17.7. The summed E-state index contributed by atoms with van der Waals surface area (Å²) in [5, 5.41) is 6.16. The first kappa shape index (κ1) is 21.3. The molecule has 2 amide bonds.